The van der Waals surface area contributed by atoms with Crippen molar-refractivity contribution in [1.29, 1.82) is 0 Å². The van der Waals surface area contributed by atoms with E-state index >= 15 is 0 Å². The highest BCUT2D eigenvalue weighted by Gasteiger charge is 2.64. The Labute approximate surface area is 245 Å². The van der Waals surface area contributed by atoms with Gasteiger partial charge >= 0.3 is 11.9 Å². The number of aromatic nitrogens is 1. The SMILES string of the molecule is Cc1onc(-c2c(Cl)cccc2Cl)c1C(=O)N[C@@H]1C(=O)N2[C@@H]1SC(C)(C)[C@@H]2C(=O)OC(CC(=O)O)C[N+](C)(C)C. The number of likely N-dealkylation sites (N-methyl/N-ethyl adjacent to an activating group) is 1. The summed E-state index contributed by atoms with van der Waals surface area (Å²) in [5, 5.41) is 16.1. The second-order valence-corrected chi connectivity index (χ2v) is 14.0. The number of halogens is 2. The molecule has 1 aromatic carbocycles. The number of rotatable bonds is 9. The Morgan fingerprint density at radius 2 is 1.88 bits per heavy atom. The first-order valence-electron chi connectivity index (χ1n) is 12.5. The molecule has 14 heteroatoms. The molecule has 1 unspecified atom stereocenters. The second kappa shape index (κ2) is 10.9. The Morgan fingerprint density at radius 3 is 2.45 bits per heavy atom. The Kier molecular flexibility index (Phi) is 8.21. The average Bonchev–Trinajstić information content (AvgIpc) is 3.30. The van der Waals surface area contributed by atoms with E-state index < -0.39 is 52.1 Å². The first kappa shape index (κ1) is 30.2. The molecule has 0 saturated carbocycles. The number of carboxylic acid groups (broad SMARTS) is 1. The molecule has 0 spiro atoms. The van der Waals surface area contributed by atoms with Gasteiger partial charge in [0.05, 0.1) is 37.6 Å². The summed E-state index contributed by atoms with van der Waals surface area (Å²) < 4.78 is 10.6. The van der Waals surface area contributed by atoms with Gasteiger partial charge in [0.25, 0.3) is 5.91 Å². The molecule has 2 amide bonds. The predicted octanol–water partition coefficient (Wildman–Crippen LogP) is 3.21. The van der Waals surface area contributed by atoms with Crippen molar-refractivity contribution < 1.29 is 38.0 Å². The molecule has 2 aliphatic rings. The molecule has 2 aliphatic heterocycles. The second-order valence-electron chi connectivity index (χ2n) is 11.4. The molecule has 2 fully saturated rings. The van der Waals surface area contributed by atoms with Crippen LogP contribution in [0, 0.1) is 6.92 Å². The molecule has 3 heterocycles. The number of esters is 1. The zero-order valence-corrected chi connectivity index (χ0v) is 25.2. The Morgan fingerprint density at radius 1 is 1.25 bits per heavy atom. The zero-order chi connectivity index (χ0) is 29.7. The third-order valence-corrected chi connectivity index (χ3v) is 8.88. The van der Waals surface area contributed by atoms with Crippen molar-refractivity contribution in [2.24, 2.45) is 0 Å². The van der Waals surface area contributed by atoms with Gasteiger partial charge in [0.1, 0.15) is 41.0 Å². The number of thioether (sulfide) groups is 1. The number of quaternary nitrogens is 1. The molecule has 40 heavy (non-hydrogen) atoms. The quantitative estimate of drug-likeness (QED) is 0.248. The van der Waals surface area contributed by atoms with Gasteiger partial charge in [-0.05, 0) is 32.9 Å². The summed E-state index contributed by atoms with van der Waals surface area (Å²) in [6, 6.07) is 3.01. The lowest BCUT2D eigenvalue weighted by Crippen LogP contribution is -2.70. The van der Waals surface area contributed by atoms with E-state index in [0.29, 0.717) is 10.0 Å². The highest BCUT2D eigenvalue weighted by molar-refractivity contribution is 8.01. The molecule has 0 bridgehead atoms. The van der Waals surface area contributed by atoms with Gasteiger partial charge in [0.15, 0.2) is 6.10 Å². The van der Waals surface area contributed by atoms with Gasteiger partial charge < -0.3 is 29.1 Å². The highest BCUT2D eigenvalue weighted by Crippen LogP contribution is 2.51. The molecule has 2 N–H and O–H groups in total. The third-order valence-electron chi connectivity index (χ3n) is 6.68. The number of fused-ring (bicyclic) bond motifs is 1. The van der Waals surface area contributed by atoms with Crippen LogP contribution in [0.2, 0.25) is 10.0 Å². The predicted molar refractivity (Wildman–Crippen MR) is 149 cm³/mol. The lowest BCUT2D eigenvalue weighted by molar-refractivity contribution is -0.873. The number of aryl methyl sites for hydroxylation is 1. The summed E-state index contributed by atoms with van der Waals surface area (Å²) in [5.74, 6) is -2.60. The van der Waals surface area contributed by atoms with Gasteiger partial charge in [-0.25, -0.2) is 4.79 Å². The van der Waals surface area contributed by atoms with Crippen molar-refractivity contribution in [2.75, 3.05) is 27.7 Å². The molecule has 2 aromatic rings. The summed E-state index contributed by atoms with van der Waals surface area (Å²) in [6.45, 7) is 5.46. The summed E-state index contributed by atoms with van der Waals surface area (Å²) in [4.78, 5) is 52.8. The number of β-lactam (4-membered cyclic amide) rings is 1. The standard InChI is InChI=1S/C26H30Cl2N4O7S/c1-12-17(19(30-39-12)18-14(27)8-7-9-15(18)28)22(35)29-20-23(36)31-21(26(2,3)40-24(20)31)25(37)38-13(10-16(33)34)11-32(4,5)6/h7-9,13,20-21,24H,10-11H2,1-6H3,(H-,29,33,34,35)/p+1/t13?,20-,21+,24-/m1/s1. The molecule has 2 saturated heterocycles. The van der Waals surface area contributed by atoms with Crippen LogP contribution in [0.3, 0.4) is 0 Å². The van der Waals surface area contributed by atoms with E-state index in [1.807, 2.05) is 35.0 Å². The fraction of sp³-hybridized carbons (Fsp3) is 0.500. The summed E-state index contributed by atoms with van der Waals surface area (Å²) >= 11 is 14.0. The minimum Gasteiger partial charge on any atom is -0.481 e. The smallest absolute Gasteiger partial charge is 0.330 e. The maximum atomic E-state index is 13.4. The van der Waals surface area contributed by atoms with E-state index in [1.165, 1.54) is 16.7 Å². The molecule has 4 atom stereocenters. The van der Waals surface area contributed by atoms with E-state index in [9.17, 15) is 24.3 Å². The first-order valence-corrected chi connectivity index (χ1v) is 14.1. The number of nitrogens with one attached hydrogen (secondary N) is 1. The molecule has 11 nitrogen and oxygen atoms in total. The summed E-state index contributed by atoms with van der Waals surface area (Å²) in [6.07, 6.45) is -1.23. The van der Waals surface area contributed by atoms with Crippen molar-refractivity contribution in [3.05, 3.63) is 39.6 Å². The van der Waals surface area contributed by atoms with Crippen LogP contribution in [-0.2, 0) is 19.1 Å². The largest absolute Gasteiger partial charge is 0.481 e. The number of ether oxygens (including phenoxy) is 1. The number of amides is 2. The molecular formula is C26H31Cl2N4O7S+. The maximum Gasteiger partial charge on any atom is 0.330 e. The zero-order valence-electron chi connectivity index (χ0n) is 22.9. The van der Waals surface area contributed by atoms with E-state index in [1.54, 1.807) is 25.1 Å². The van der Waals surface area contributed by atoms with Crippen LogP contribution in [0.1, 0.15) is 36.4 Å². The molecule has 216 valence electrons. The fourth-order valence-corrected chi connectivity index (χ4v) is 7.25. The lowest BCUT2D eigenvalue weighted by atomic mass is 9.95. The van der Waals surface area contributed by atoms with Gasteiger partial charge in [0.2, 0.25) is 5.91 Å². The molecule has 1 aromatic heterocycles. The number of hydrogen-bond acceptors (Lipinski definition) is 8. The number of nitrogens with zero attached hydrogens (tertiary/aromatic N) is 3. The topological polar surface area (TPSA) is 139 Å². The van der Waals surface area contributed by atoms with Crippen LogP contribution in [0.15, 0.2) is 22.7 Å². The number of carboxylic acids is 1. The monoisotopic (exact) mass is 613 g/mol. The van der Waals surface area contributed by atoms with E-state index in [0.717, 1.165) is 0 Å². The lowest BCUT2D eigenvalue weighted by Gasteiger charge is -2.44. The normalized spacial score (nSPS) is 22.4. The van der Waals surface area contributed by atoms with Crippen molar-refractivity contribution in [3.8, 4) is 11.3 Å². The summed E-state index contributed by atoms with van der Waals surface area (Å²) in [5.41, 5.74) is 0.575. The molecular weight excluding hydrogens is 583 g/mol. The van der Waals surface area contributed by atoms with Gasteiger partial charge in [-0.15, -0.1) is 11.8 Å². The van der Waals surface area contributed by atoms with Crippen molar-refractivity contribution >= 4 is 58.7 Å². The van der Waals surface area contributed by atoms with Gasteiger partial charge in [0, 0.05) is 10.3 Å². The van der Waals surface area contributed by atoms with E-state index in [4.69, 9.17) is 32.5 Å². The Hall–Kier alpha value is -2.80. The van der Waals surface area contributed by atoms with Crippen LogP contribution >= 0.6 is 35.0 Å². The van der Waals surface area contributed by atoms with Crippen molar-refractivity contribution in [2.45, 2.75) is 55.5 Å². The van der Waals surface area contributed by atoms with Crippen molar-refractivity contribution in [1.82, 2.24) is 15.4 Å². The summed E-state index contributed by atoms with van der Waals surface area (Å²) in [7, 11) is 5.59. The van der Waals surface area contributed by atoms with Gasteiger partial charge in [-0.2, -0.15) is 0 Å². The average molecular weight is 615 g/mol. The van der Waals surface area contributed by atoms with Crippen LogP contribution < -0.4 is 5.32 Å². The fourth-order valence-electron chi connectivity index (χ4n) is 5.05. The molecule has 0 radical (unpaired) electrons. The Bertz CT molecular complexity index is 1350. The number of benzene rings is 1. The van der Waals surface area contributed by atoms with Crippen LogP contribution in [0.4, 0.5) is 0 Å². The minimum atomic E-state index is -1.09. The Balaban J connectivity index is 1.53. The van der Waals surface area contributed by atoms with Crippen LogP contribution in [0.25, 0.3) is 11.3 Å². The molecule has 4 rings (SSSR count). The van der Waals surface area contributed by atoms with Crippen molar-refractivity contribution in [3.63, 3.8) is 0 Å². The third kappa shape index (κ3) is 5.81. The number of hydrogen-bond donors (Lipinski definition) is 2. The molecule has 0 aliphatic carbocycles. The minimum absolute atomic E-state index is 0.0938. The first-order chi connectivity index (χ1) is 18.5. The van der Waals surface area contributed by atoms with Gasteiger partial charge in [-0.1, -0.05) is 34.4 Å². The maximum absolute atomic E-state index is 13.4. The number of aliphatic carboxylic acids is 1. The van der Waals surface area contributed by atoms with Gasteiger partial charge in [-0.3, -0.25) is 14.4 Å². The van der Waals surface area contributed by atoms with Crippen LogP contribution in [0.5, 0.6) is 0 Å². The van der Waals surface area contributed by atoms with Crippen LogP contribution in [-0.4, -0.2) is 99.4 Å². The van der Waals surface area contributed by atoms with E-state index in [-0.39, 0.29) is 40.0 Å². The number of carbonyl (C=O) groups is 4. The van der Waals surface area contributed by atoms with E-state index in [2.05, 4.69) is 10.5 Å². The highest BCUT2D eigenvalue weighted by atomic mass is 35.5. The number of carbonyl (C=O) groups excluding carboxylic acids is 3.